The van der Waals surface area contributed by atoms with Gasteiger partial charge < -0.3 is 10.1 Å². The van der Waals surface area contributed by atoms with Crippen molar-refractivity contribution < 1.29 is 9.53 Å². The first-order chi connectivity index (χ1) is 14.5. The van der Waals surface area contributed by atoms with Gasteiger partial charge in [-0.3, -0.25) is 14.2 Å². The smallest absolute Gasteiger partial charge is 0.262 e. The third-order valence-electron chi connectivity index (χ3n) is 4.57. The van der Waals surface area contributed by atoms with Crippen molar-refractivity contribution in [2.45, 2.75) is 0 Å². The second kappa shape index (κ2) is 8.39. The van der Waals surface area contributed by atoms with Crippen LogP contribution in [0.15, 0.2) is 77.6 Å². The largest absolute Gasteiger partial charge is 0.484 e. The van der Waals surface area contributed by atoms with Crippen LogP contribution in [0, 0.1) is 0 Å². The number of hydrogen-bond acceptors (Lipinski definition) is 4. The fraction of sp³-hybridized carbons (Fsp3) is 0.0870. The van der Waals surface area contributed by atoms with Crippen molar-refractivity contribution in [2.75, 3.05) is 11.9 Å². The Morgan fingerprint density at radius 2 is 1.83 bits per heavy atom. The van der Waals surface area contributed by atoms with Crippen LogP contribution in [0.5, 0.6) is 5.75 Å². The fourth-order valence-corrected chi connectivity index (χ4v) is 3.21. The topological polar surface area (TPSA) is 73.2 Å². The first-order valence-corrected chi connectivity index (χ1v) is 9.63. The van der Waals surface area contributed by atoms with E-state index in [0.29, 0.717) is 33.2 Å². The number of carbonyl (C=O) groups excluding carboxylic acids is 1. The van der Waals surface area contributed by atoms with Crippen molar-refractivity contribution >= 4 is 34.1 Å². The number of amides is 1. The summed E-state index contributed by atoms with van der Waals surface area (Å²) in [6.45, 7) is -0.157. The predicted octanol–water partition coefficient (Wildman–Crippen LogP) is 4.27. The Hall–Kier alpha value is -3.64. The molecule has 0 saturated heterocycles. The summed E-state index contributed by atoms with van der Waals surface area (Å²) in [6, 6.07) is 21.2. The van der Waals surface area contributed by atoms with Gasteiger partial charge in [-0.2, -0.15) is 0 Å². The molecular formula is C23H18ClN3O3. The minimum atomic E-state index is -0.293. The molecule has 1 heterocycles. The van der Waals surface area contributed by atoms with Crippen LogP contribution >= 0.6 is 11.6 Å². The molecule has 4 rings (SSSR count). The predicted molar refractivity (Wildman–Crippen MR) is 118 cm³/mol. The average Bonchev–Trinajstić information content (AvgIpc) is 2.76. The molecule has 0 aliphatic carbocycles. The zero-order valence-corrected chi connectivity index (χ0v) is 16.9. The van der Waals surface area contributed by atoms with E-state index in [2.05, 4.69) is 10.3 Å². The van der Waals surface area contributed by atoms with Crippen LogP contribution < -0.4 is 15.6 Å². The fourth-order valence-electron chi connectivity index (χ4n) is 3.08. The maximum atomic E-state index is 12.6. The number of nitrogens with one attached hydrogen (secondary N) is 1. The molecule has 1 N–H and O–H groups in total. The van der Waals surface area contributed by atoms with Gasteiger partial charge in [-0.25, -0.2) is 4.98 Å². The molecule has 30 heavy (non-hydrogen) atoms. The van der Waals surface area contributed by atoms with Crippen LogP contribution in [0.1, 0.15) is 0 Å². The normalized spacial score (nSPS) is 10.7. The molecular weight excluding hydrogens is 402 g/mol. The standard InChI is InChI=1S/C23H18ClN3O3/c1-27-22(26-20-8-3-2-7-19(20)23(27)29)15-5-4-6-18(13-15)30-14-21(28)25-17-11-9-16(24)10-12-17/h2-13H,14H2,1H3,(H,25,28). The highest BCUT2D eigenvalue weighted by atomic mass is 35.5. The van der Waals surface area contributed by atoms with E-state index in [1.165, 1.54) is 4.57 Å². The highest BCUT2D eigenvalue weighted by Gasteiger charge is 2.11. The van der Waals surface area contributed by atoms with Crippen LogP contribution in [0.3, 0.4) is 0 Å². The van der Waals surface area contributed by atoms with Crippen molar-refractivity contribution in [3.8, 4) is 17.1 Å². The molecule has 3 aromatic carbocycles. The molecule has 150 valence electrons. The van der Waals surface area contributed by atoms with Gasteiger partial charge in [0, 0.05) is 23.3 Å². The summed E-state index contributed by atoms with van der Waals surface area (Å²) in [5.41, 5.74) is 1.86. The summed E-state index contributed by atoms with van der Waals surface area (Å²) in [5.74, 6) is 0.731. The van der Waals surface area contributed by atoms with Gasteiger partial charge in [-0.15, -0.1) is 0 Å². The van der Waals surface area contributed by atoms with E-state index < -0.39 is 0 Å². The molecule has 0 saturated carbocycles. The van der Waals surface area contributed by atoms with E-state index in [9.17, 15) is 9.59 Å². The van der Waals surface area contributed by atoms with Crippen LogP contribution in [-0.4, -0.2) is 22.1 Å². The lowest BCUT2D eigenvalue weighted by Gasteiger charge is -2.11. The van der Waals surface area contributed by atoms with Gasteiger partial charge in [-0.05, 0) is 48.5 Å². The van der Waals surface area contributed by atoms with Crippen LogP contribution in [0.4, 0.5) is 5.69 Å². The van der Waals surface area contributed by atoms with E-state index in [0.717, 1.165) is 5.56 Å². The minimum Gasteiger partial charge on any atom is -0.484 e. The number of fused-ring (bicyclic) bond motifs is 1. The summed E-state index contributed by atoms with van der Waals surface area (Å²) in [5, 5.41) is 3.90. The number of aromatic nitrogens is 2. The molecule has 0 aliphatic heterocycles. The van der Waals surface area contributed by atoms with E-state index in [1.807, 2.05) is 24.3 Å². The Bertz CT molecular complexity index is 1280. The SMILES string of the molecule is Cn1c(-c2cccc(OCC(=O)Nc3ccc(Cl)cc3)c2)nc2ccccc2c1=O. The summed E-state index contributed by atoms with van der Waals surface area (Å²) >= 11 is 5.84. The lowest BCUT2D eigenvalue weighted by molar-refractivity contribution is -0.118. The number of para-hydroxylation sites is 1. The van der Waals surface area contributed by atoms with Crippen molar-refractivity contribution in [3.05, 3.63) is 88.2 Å². The summed E-state index contributed by atoms with van der Waals surface area (Å²) in [4.78, 5) is 29.4. The van der Waals surface area contributed by atoms with Gasteiger partial charge in [0.25, 0.3) is 11.5 Å². The Morgan fingerprint density at radius 3 is 2.63 bits per heavy atom. The minimum absolute atomic E-state index is 0.121. The molecule has 6 nitrogen and oxygen atoms in total. The Labute approximate surface area is 177 Å². The molecule has 0 aliphatic rings. The first kappa shape index (κ1) is 19.7. The first-order valence-electron chi connectivity index (χ1n) is 9.26. The molecule has 0 unspecified atom stereocenters. The van der Waals surface area contributed by atoms with Gasteiger partial charge in [0.15, 0.2) is 6.61 Å². The summed E-state index contributed by atoms with van der Waals surface area (Å²) in [7, 11) is 1.68. The number of carbonyl (C=O) groups is 1. The third kappa shape index (κ3) is 4.18. The summed E-state index contributed by atoms with van der Waals surface area (Å²) < 4.78 is 7.14. The van der Waals surface area contributed by atoms with Crippen molar-refractivity contribution in [1.29, 1.82) is 0 Å². The van der Waals surface area contributed by atoms with Gasteiger partial charge in [0.05, 0.1) is 10.9 Å². The zero-order valence-electron chi connectivity index (χ0n) is 16.1. The quantitative estimate of drug-likeness (QED) is 0.524. The van der Waals surface area contributed by atoms with E-state index in [-0.39, 0.29) is 18.1 Å². The molecule has 0 radical (unpaired) electrons. The maximum absolute atomic E-state index is 12.6. The second-order valence-corrected chi connectivity index (χ2v) is 7.12. The molecule has 0 bridgehead atoms. The number of rotatable bonds is 5. The number of halogens is 1. The Morgan fingerprint density at radius 1 is 1.07 bits per heavy atom. The average molecular weight is 420 g/mol. The number of ether oxygens (including phenoxy) is 1. The highest BCUT2D eigenvalue weighted by molar-refractivity contribution is 6.30. The van der Waals surface area contributed by atoms with Crippen LogP contribution in [0.2, 0.25) is 5.02 Å². The second-order valence-electron chi connectivity index (χ2n) is 6.69. The van der Waals surface area contributed by atoms with Crippen molar-refractivity contribution in [3.63, 3.8) is 0 Å². The van der Waals surface area contributed by atoms with E-state index in [1.54, 1.807) is 55.6 Å². The van der Waals surface area contributed by atoms with Crippen LogP contribution in [0.25, 0.3) is 22.3 Å². The Balaban J connectivity index is 1.52. The van der Waals surface area contributed by atoms with Crippen LogP contribution in [-0.2, 0) is 11.8 Å². The molecule has 0 fully saturated rings. The van der Waals surface area contributed by atoms with Gasteiger partial charge >= 0.3 is 0 Å². The zero-order chi connectivity index (χ0) is 21.1. The number of hydrogen-bond donors (Lipinski definition) is 1. The summed E-state index contributed by atoms with van der Waals surface area (Å²) in [6.07, 6.45) is 0. The van der Waals surface area contributed by atoms with Crippen molar-refractivity contribution in [2.24, 2.45) is 7.05 Å². The van der Waals surface area contributed by atoms with Gasteiger partial charge in [0.1, 0.15) is 11.6 Å². The lowest BCUT2D eigenvalue weighted by Crippen LogP contribution is -2.20. The maximum Gasteiger partial charge on any atom is 0.262 e. The van der Waals surface area contributed by atoms with E-state index >= 15 is 0 Å². The molecule has 4 aromatic rings. The van der Waals surface area contributed by atoms with Crippen molar-refractivity contribution in [1.82, 2.24) is 9.55 Å². The molecule has 0 atom stereocenters. The van der Waals surface area contributed by atoms with Gasteiger partial charge in [0.2, 0.25) is 0 Å². The monoisotopic (exact) mass is 419 g/mol. The third-order valence-corrected chi connectivity index (χ3v) is 4.83. The number of anilines is 1. The molecule has 7 heteroatoms. The molecule has 1 aromatic heterocycles. The Kier molecular flexibility index (Phi) is 5.50. The highest BCUT2D eigenvalue weighted by Crippen LogP contribution is 2.23. The lowest BCUT2D eigenvalue weighted by atomic mass is 10.1. The van der Waals surface area contributed by atoms with Gasteiger partial charge in [-0.1, -0.05) is 35.9 Å². The molecule has 0 spiro atoms. The van der Waals surface area contributed by atoms with E-state index in [4.69, 9.17) is 16.3 Å². The molecule has 1 amide bonds. The number of nitrogens with zero attached hydrogens (tertiary/aromatic N) is 2. The number of benzene rings is 3.